The molecule has 0 bridgehead atoms. The van der Waals surface area contributed by atoms with Crippen molar-refractivity contribution >= 4 is 22.4 Å². The molecule has 0 aliphatic rings. The fraction of sp³-hybridized carbons (Fsp3) is 0.158. The minimum atomic E-state index is -0.314. The summed E-state index contributed by atoms with van der Waals surface area (Å²) in [4.78, 5) is 12.2. The van der Waals surface area contributed by atoms with Gasteiger partial charge in [-0.3, -0.25) is 0 Å². The molecule has 5 nitrogen and oxygen atoms in total. The Morgan fingerprint density at radius 2 is 1.84 bits per heavy atom. The van der Waals surface area contributed by atoms with Gasteiger partial charge in [-0.05, 0) is 36.4 Å². The molecule has 2 aromatic carbocycles. The summed E-state index contributed by atoms with van der Waals surface area (Å²) in [5.41, 5.74) is 15.0. The summed E-state index contributed by atoms with van der Waals surface area (Å²) in [6, 6.07) is 13.6. The Labute approximate surface area is 146 Å². The maximum atomic E-state index is 13.0. The van der Waals surface area contributed by atoms with Crippen LogP contribution in [0.25, 0.3) is 16.7 Å². The Morgan fingerprint density at radius 3 is 2.44 bits per heavy atom. The number of halogens is 1. The monoisotopic (exact) mass is 339 g/mol. The van der Waals surface area contributed by atoms with E-state index >= 15 is 0 Å². The standard InChI is InChI=1S/C17H16FN5.C2H6/c18-12-7-5-11(6-8-12)15(9-19)21-16(10-20)17-22-13-3-1-2-4-14(13)23-17;1-2/h1-9H,10,19-20H2,(H,22,23);1-2H3/b15-9-,21-16?;. The fourth-order valence-electron chi connectivity index (χ4n) is 2.25. The summed E-state index contributed by atoms with van der Waals surface area (Å²) in [5.74, 6) is 0.278. The molecule has 0 aliphatic heterocycles. The topological polar surface area (TPSA) is 93.1 Å². The van der Waals surface area contributed by atoms with E-state index in [1.165, 1.54) is 18.3 Å². The van der Waals surface area contributed by atoms with E-state index in [9.17, 15) is 4.39 Å². The number of aliphatic imine (C=N–C) groups is 1. The van der Waals surface area contributed by atoms with Crippen LogP contribution >= 0.6 is 0 Å². The number of rotatable bonds is 4. The van der Waals surface area contributed by atoms with Gasteiger partial charge in [0.15, 0.2) is 5.82 Å². The van der Waals surface area contributed by atoms with Gasteiger partial charge in [0.2, 0.25) is 0 Å². The summed E-state index contributed by atoms with van der Waals surface area (Å²) in [6.45, 7) is 4.19. The molecule has 0 saturated heterocycles. The minimum absolute atomic E-state index is 0.193. The number of benzene rings is 2. The number of aromatic nitrogens is 2. The molecule has 0 radical (unpaired) electrons. The second kappa shape index (κ2) is 8.75. The highest BCUT2D eigenvalue weighted by molar-refractivity contribution is 6.03. The van der Waals surface area contributed by atoms with Crippen molar-refractivity contribution in [2.24, 2.45) is 16.5 Å². The Balaban J connectivity index is 0.00000109. The Kier molecular flexibility index (Phi) is 6.42. The van der Waals surface area contributed by atoms with E-state index < -0.39 is 0 Å². The third-order valence-electron chi connectivity index (χ3n) is 3.41. The van der Waals surface area contributed by atoms with Crippen molar-refractivity contribution in [3.63, 3.8) is 0 Å². The highest BCUT2D eigenvalue weighted by atomic mass is 19.1. The van der Waals surface area contributed by atoms with Gasteiger partial charge in [0.05, 0.1) is 22.4 Å². The summed E-state index contributed by atoms with van der Waals surface area (Å²) in [5, 5.41) is 0. The molecule has 25 heavy (non-hydrogen) atoms. The first-order valence-corrected chi connectivity index (χ1v) is 8.12. The average molecular weight is 339 g/mol. The number of nitrogens with one attached hydrogen (secondary N) is 1. The van der Waals surface area contributed by atoms with Crippen LogP contribution in [-0.2, 0) is 0 Å². The molecule has 3 aromatic rings. The number of imidazole rings is 1. The van der Waals surface area contributed by atoms with Crippen molar-refractivity contribution in [2.45, 2.75) is 13.8 Å². The summed E-state index contributed by atoms with van der Waals surface area (Å²) in [6.07, 6.45) is 1.37. The lowest BCUT2D eigenvalue weighted by atomic mass is 10.1. The molecule has 130 valence electrons. The number of fused-ring (bicyclic) bond motifs is 1. The van der Waals surface area contributed by atoms with Crippen molar-refractivity contribution < 1.29 is 4.39 Å². The molecule has 1 aromatic heterocycles. The number of hydrogen-bond acceptors (Lipinski definition) is 4. The molecular formula is C19H22FN5. The minimum Gasteiger partial charge on any atom is -0.403 e. The zero-order valence-corrected chi connectivity index (χ0v) is 14.3. The molecule has 3 rings (SSSR count). The number of H-pyrrole nitrogens is 1. The van der Waals surface area contributed by atoms with Crippen LogP contribution in [0.2, 0.25) is 0 Å². The van der Waals surface area contributed by atoms with Crippen molar-refractivity contribution in [1.29, 1.82) is 0 Å². The van der Waals surface area contributed by atoms with Crippen molar-refractivity contribution in [3.8, 4) is 0 Å². The van der Waals surface area contributed by atoms with Gasteiger partial charge >= 0.3 is 0 Å². The molecular weight excluding hydrogens is 317 g/mol. The lowest BCUT2D eigenvalue weighted by molar-refractivity contribution is 0.627. The second-order valence-electron chi connectivity index (χ2n) is 4.92. The number of para-hydroxylation sites is 2. The van der Waals surface area contributed by atoms with Gasteiger partial charge in [0.25, 0.3) is 0 Å². The van der Waals surface area contributed by atoms with E-state index in [0.29, 0.717) is 22.8 Å². The van der Waals surface area contributed by atoms with Crippen molar-refractivity contribution in [2.75, 3.05) is 6.54 Å². The van der Waals surface area contributed by atoms with Gasteiger partial charge in [-0.25, -0.2) is 14.4 Å². The van der Waals surface area contributed by atoms with E-state index in [0.717, 1.165) is 11.0 Å². The van der Waals surface area contributed by atoms with Crippen LogP contribution in [0.5, 0.6) is 0 Å². The first-order chi connectivity index (χ1) is 12.2. The maximum absolute atomic E-state index is 13.0. The maximum Gasteiger partial charge on any atom is 0.154 e. The fourth-order valence-corrected chi connectivity index (χ4v) is 2.25. The van der Waals surface area contributed by atoms with E-state index in [-0.39, 0.29) is 12.4 Å². The normalized spacial score (nSPS) is 12.0. The first kappa shape index (κ1) is 18.4. The van der Waals surface area contributed by atoms with Crippen LogP contribution in [-0.4, -0.2) is 22.2 Å². The van der Waals surface area contributed by atoms with Crippen LogP contribution in [0, 0.1) is 5.82 Å². The average Bonchev–Trinajstić information content (AvgIpc) is 3.09. The summed E-state index contributed by atoms with van der Waals surface area (Å²) < 4.78 is 13.0. The molecule has 0 unspecified atom stereocenters. The van der Waals surface area contributed by atoms with Gasteiger partial charge in [-0.1, -0.05) is 26.0 Å². The van der Waals surface area contributed by atoms with Crippen LogP contribution < -0.4 is 11.5 Å². The number of nitrogens with zero attached hydrogens (tertiary/aromatic N) is 2. The van der Waals surface area contributed by atoms with E-state index in [1.54, 1.807) is 12.1 Å². The zero-order chi connectivity index (χ0) is 18.2. The van der Waals surface area contributed by atoms with Gasteiger partial charge in [-0.2, -0.15) is 0 Å². The highest BCUT2D eigenvalue weighted by Crippen LogP contribution is 2.17. The lowest BCUT2D eigenvalue weighted by Gasteiger charge is -2.05. The van der Waals surface area contributed by atoms with E-state index in [1.807, 2.05) is 38.1 Å². The SMILES string of the molecule is CC.N/C=C(\N=C(CN)c1nc2ccccc2[nH]1)c1ccc(F)cc1. The van der Waals surface area contributed by atoms with Crippen LogP contribution in [0.1, 0.15) is 25.2 Å². The molecule has 1 heterocycles. The number of aromatic amines is 1. The summed E-state index contributed by atoms with van der Waals surface area (Å²) >= 11 is 0. The molecule has 6 heteroatoms. The highest BCUT2D eigenvalue weighted by Gasteiger charge is 2.10. The van der Waals surface area contributed by atoms with Crippen molar-refractivity contribution in [1.82, 2.24) is 9.97 Å². The first-order valence-electron chi connectivity index (χ1n) is 8.12. The third-order valence-corrected chi connectivity index (χ3v) is 3.41. The number of nitrogens with two attached hydrogens (primary N) is 2. The molecule has 0 aliphatic carbocycles. The predicted molar refractivity (Wildman–Crippen MR) is 102 cm³/mol. The quantitative estimate of drug-likeness (QED) is 0.636. The summed E-state index contributed by atoms with van der Waals surface area (Å²) in [7, 11) is 0. The van der Waals surface area contributed by atoms with Gasteiger partial charge < -0.3 is 16.5 Å². The Bertz CT molecular complexity index is 845. The largest absolute Gasteiger partial charge is 0.403 e. The predicted octanol–water partition coefficient (Wildman–Crippen LogP) is 3.43. The molecule has 0 amide bonds. The molecule has 5 N–H and O–H groups in total. The number of hydrogen-bond donors (Lipinski definition) is 3. The van der Waals surface area contributed by atoms with Crippen LogP contribution in [0.4, 0.5) is 4.39 Å². The van der Waals surface area contributed by atoms with Crippen LogP contribution in [0.3, 0.4) is 0 Å². The third kappa shape index (κ3) is 4.30. The zero-order valence-electron chi connectivity index (χ0n) is 14.3. The van der Waals surface area contributed by atoms with Crippen molar-refractivity contribution in [3.05, 3.63) is 71.9 Å². The lowest BCUT2D eigenvalue weighted by Crippen LogP contribution is -2.17. The van der Waals surface area contributed by atoms with Gasteiger partial charge in [-0.15, -0.1) is 0 Å². The molecule has 0 atom stereocenters. The van der Waals surface area contributed by atoms with E-state index in [2.05, 4.69) is 15.0 Å². The Morgan fingerprint density at radius 1 is 1.16 bits per heavy atom. The molecule has 0 fully saturated rings. The Hall–Kier alpha value is -2.99. The second-order valence-corrected chi connectivity index (χ2v) is 4.92. The van der Waals surface area contributed by atoms with E-state index in [4.69, 9.17) is 11.5 Å². The van der Waals surface area contributed by atoms with Crippen LogP contribution in [0.15, 0.2) is 59.7 Å². The van der Waals surface area contributed by atoms with Gasteiger partial charge in [0.1, 0.15) is 5.82 Å². The molecule has 0 spiro atoms. The molecule has 0 saturated carbocycles. The van der Waals surface area contributed by atoms with Gasteiger partial charge in [0, 0.05) is 18.3 Å². The smallest absolute Gasteiger partial charge is 0.154 e.